The van der Waals surface area contributed by atoms with Crippen molar-refractivity contribution in [2.45, 2.75) is 19.4 Å². The molecule has 3 aromatic heterocycles. The summed E-state index contributed by atoms with van der Waals surface area (Å²) < 4.78 is 1.84. The zero-order chi connectivity index (χ0) is 20.8. The number of pyridine rings is 1. The maximum Gasteiger partial charge on any atom is 0.243 e. The molecule has 1 aliphatic rings. The van der Waals surface area contributed by atoms with Gasteiger partial charge in [-0.1, -0.05) is 30.9 Å². The quantitative estimate of drug-likeness (QED) is 0.519. The Labute approximate surface area is 173 Å². The molecule has 1 aromatic carbocycles. The number of nitrogens with zero attached hydrogens (tertiary/aromatic N) is 4. The lowest BCUT2D eigenvalue weighted by Gasteiger charge is -2.22. The van der Waals surface area contributed by atoms with E-state index in [4.69, 9.17) is 5.73 Å². The Morgan fingerprint density at radius 1 is 1.30 bits per heavy atom. The van der Waals surface area contributed by atoms with E-state index in [1.165, 1.54) is 12.4 Å². The van der Waals surface area contributed by atoms with Crippen LogP contribution >= 0.6 is 0 Å². The second kappa shape index (κ2) is 6.81. The molecule has 5 rings (SSSR count). The highest BCUT2D eigenvalue weighted by atomic mass is 16.1. The molecule has 0 radical (unpaired) electrons. The standard InChI is InChI=1S/C23H20N6O/c1-3-19(30)28-16-8-13(2)20-18(10-16)29-22(23(24)26-12-27-29)21(20)15-9-14-6-4-5-7-17(14)25-11-15/h3-9,11-12,16H,1,10H2,2H3,(H,28,30)(H2,24,26,27)/t16-/m1/s1. The van der Waals surface area contributed by atoms with Gasteiger partial charge in [-0.05, 0) is 30.7 Å². The van der Waals surface area contributed by atoms with Gasteiger partial charge < -0.3 is 11.1 Å². The Balaban J connectivity index is 1.77. The Morgan fingerprint density at radius 3 is 2.97 bits per heavy atom. The number of allylic oxidation sites excluding steroid dienone is 1. The molecule has 0 saturated heterocycles. The van der Waals surface area contributed by atoms with Crippen LogP contribution in [0.5, 0.6) is 0 Å². The van der Waals surface area contributed by atoms with E-state index in [0.29, 0.717) is 12.2 Å². The molecule has 0 fully saturated rings. The first-order valence-electron chi connectivity index (χ1n) is 9.67. The van der Waals surface area contributed by atoms with Crippen molar-refractivity contribution in [3.8, 4) is 11.1 Å². The van der Waals surface area contributed by atoms with Gasteiger partial charge in [0.2, 0.25) is 5.91 Å². The number of aromatic nitrogens is 4. The van der Waals surface area contributed by atoms with Gasteiger partial charge in [0, 0.05) is 34.7 Å². The van der Waals surface area contributed by atoms with Crippen LogP contribution in [0.4, 0.5) is 5.82 Å². The van der Waals surface area contributed by atoms with Gasteiger partial charge in [-0.15, -0.1) is 0 Å². The van der Waals surface area contributed by atoms with Crippen molar-refractivity contribution in [2.75, 3.05) is 5.73 Å². The van der Waals surface area contributed by atoms with E-state index >= 15 is 0 Å². The number of nitrogens with one attached hydrogen (secondary N) is 1. The highest BCUT2D eigenvalue weighted by molar-refractivity contribution is 5.99. The van der Waals surface area contributed by atoms with Crippen LogP contribution in [0.25, 0.3) is 33.1 Å². The lowest BCUT2D eigenvalue weighted by atomic mass is 9.89. The van der Waals surface area contributed by atoms with Gasteiger partial charge in [-0.2, -0.15) is 5.10 Å². The largest absolute Gasteiger partial charge is 0.382 e. The van der Waals surface area contributed by atoms with Crippen LogP contribution in [-0.2, 0) is 11.2 Å². The number of amides is 1. The van der Waals surface area contributed by atoms with Crippen LogP contribution in [0.1, 0.15) is 18.2 Å². The number of hydrogen-bond donors (Lipinski definition) is 2. The Bertz CT molecular complexity index is 1370. The third kappa shape index (κ3) is 2.75. The fourth-order valence-corrected chi connectivity index (χ4v) is 4.26. The lowest BCUT2D eigenvalue weighted by molar-refractivity contribution is -0.116. The van der Waals surface area contributed by atoms with Gasteiger partial charge in [-0.3, -0.25) is 9.78 Å². The zero-order valence-corrected chi connectivity index (χ0v) is 16.5. The van der Waals surface area contributed by atoms with E-state index in [0.717, 1.165) is 44.4 Å². The van der Waals surface area contributed by atoms with Crippen molar-refractivity contribution in [1.82, 2.24) is 24.9 Å². The van der Waals surface area contributed by atoms with Crippen LogP contribution in [0.3, 0.4) is 0 Å². The molecule has 3 N–H and O–H groups in total. The third-order valence-corrected chi connectivity index (χ3v) is 5.50. The molecule has 7 nitrogen and oxygen atoms in total. The first-order chi connectivity index (χ1) is 14.6. The first kappa shape index (κ1) is 18.1. The Morgan fingerprint density at radius 2 is 2.13 bits per heavy atom. The summed E-state index contributed by atoms with van der Waals surface area (Å²) >= 11 is 0. The number of nitrogen functional groups attached to an aromatic ring is 1. The summed E-state index contributed by atoms with van der Waals surface area (Å²) in [5, 5.41) is 8.48. The molecule has 4 aromatic rings. The number of para-hydroxylation sites is 1. The molecule has 0 unspecified atom stereocenters. The van der Waals surface area contributed by atoms with Crippen molar-refractivity contribution < 1.29 is 4.79 Å². The molecule has 3 heterocycles. The van der Waals surface area contributed by atoms with Crippen LogP contribution < -0.4 is 11.1 Å². The summed E-state index contributed by atoms with van der Waals surface area (Å²) in [5.41, 5.74) is 13.0. The van der Waals surface area contributed by atoms with E-state index in [9.17, 15) is 4.79 Å². The summed E-state index contributed by atoms with van der Waals surface area (Å²) in [7, 11) is 0. The first-order valence-corrected chi connectivity index (χ1v) is 9.67. The zero-order valence-electron chi connectivity index (χ0n) is 16.5. The van der Waals surface area contributed by atoms with Crippen LogP contribution in [0, 0.1) is 0 Å². The molecule has 0 bridgehead atoms. The summed E-state index contributed by atoms with van der Waals surface area (Å²) in [4.78, 5) is 20.7. The average molecular weight is 396 g/mol. The molecule has 0 saturated carbocycles. The van der Waals surface area contributed by atoms with Crippen molar-refractivity contribution in [2.24, 2.45) is 0 Å². The highest BCUT2D eigenvalue weighted by Crippen LogP contribution is 2.41. The van der Waals surface area contributed by atoms with Crippen molar-refractivity contribution in [1.29, 1.82) is 0 Å². The molecule has 1 aliphatic carbocycles. The summed E-state index contributed by atoms with van der Waals surface area (Å²) in [6, 6.07) is 9.96. The van der Waals surface area contributed by atoms with E-state index < -0.39 is 0 Å². The molecular formula is C23H20N6O. The van der Waals surface area contributed by atoms with Gasteiger partial charge in [0.25, 0.3) is 0 Å². The molecule has 148 valence electrons. The maximum absolute atomic E-state index is 11.8. The Kier molecular flexibility index (Phi) is 4.10. The van der Waals surface area contributed by atoms with Gasteiger partial charge in [-0.25, -0.2) is 9.50 Å². The van der Waals surface area contributed by atoms with Gasteiger partial charge in [0.1, 0.15) is 11.8 Å². The number of hydrogen-bond acceptors (Lipinski definition) is 5. The van der Waals surface area contributed by atoms with E-state index in [2.05, 4.69) is 39.1 Å². The average Bonchev–Trinajstić information content (AvgIpc) is 3.09. The predicted molar refractivity (Wildman–Crippen MR) is 118 cm³/mol. The summed E-state index contributed by atoms with van der Waals surface area (Å²) in [5.74, 6) is 0.198. The number of carbonyl (C=O) groups excluding carboxylic acids is 1. The van der Waals surface area contributed by atoms with Crippen LogP contribution in [0.15, 0.2) is 61.6 Å². The highest BCUT2D eigenvalue weighted by Gasteiger charge is 2.29. The van der Waals surface area contributed by atoms with E-state index in [1.54, 1.807) is 0 Å². The number of benzene rings is 1. The lowest BCUT2D eigenvalue weighted by Crippen LogP contribution is -2.35. The molecule has 0 aliphatic heterocycles. The molecule has 1 amide bonds. The minimum atomic E-state index is -0.207. The normalized spacial score (nSPS) is 15.6. The molecule has 30 heavy (non-hydrogen) atoms. The number of anilines is 1. The molecule has 1 atom stereocenters. The number of rotatable bonds is 3. The smallest absolute Gasteiger partial charge is 0.243 e. The maximum atomic E-state index is 11.8. The second-order valence-corrected chi connectivity index (χ2v) is 7.39. The molecule has 0 spiro atoms. The number of carbonyl (C=O) groups is 1. The summed E-state index contributed by atoms with van der Waals surface area (Å²) in [6.07, 6.45) is 7.25. The minimum Gasteiger partial charge on any atom is -0.382 e. The van der Waals surface area contributed by atoms with Gasteiger partial charge >= 0.3 is 0 Å². The fourth-order valence-electron chi connectivity index (χ4n) is 4.26. The molecule has 7 heteroatoms. The van der Waals surface area contributed by atoms with Crippen LogP contribution in [0.2, 0.25) is 0 Å². The third-order valence-electron chi connectivity index (χ3n) is 5.50. The summed E-state index contributed by atoms with van der Waals surface area (Å²) in [6.45, 7) is 5.57. The number of fused-ring (bicyclic) bond motifs is 4. The minimum absolute atomic E-state index is 0.153. The topological polar surface area (TPSA) is 98.2 Å². The van der Waals surface area contributed by atoms with Gasteiger partial charge in [0.05, 0.1) is 17.3 Å². The molecular weight excluding hydrogens is 376 g/mol. The van der Waals surface area contributed by atoms with E-state index in [-0.39, 0.29) is 11.9 Å². The monoisotopic (exact) mass is 396 g/mol. The SMILES string of the molecule is C=CC(=O)N[C@@H]1C=C(C)c2c(-c3cnc4ccccc4c3)c3c(N)ncnn3c2C1. The van der Waals surface area contributed by atoms with Crippen molar-refractivity contribution in [3.63, 3.8) is 0 Å². The fraction of sp³-hybridized carbons (Fsp3) is 0.130. The van der Waals surface area contributed by atoms with Gasteiger partial charge in [0.15, 0.2) is 5.82 Å². The predicted octanol–water partition coefficient (Wildman–Crippen LogP) is 3.16. The second-order valence-electron chi connectivity index (χ2n) is 7.39. The van der Waals surface area contributed by atoms with Crippen LogP contribution in [-0.4, -0.2) is 31.5 Å². The van der Waals surface area contributed by atoms with E-state index in [1.807, 2.05) is 41.9 Å². The Hall–Kier alpha value is -4.00. The number of nitrogens with two attached hydrogens (primary N) is 1. The van der Waals surface area contributed by atoms with Crippen molar-refractivity contribution >= 4 is 33.7 Å². The van der Waals surface area contributed by atoms with Crippen molar-refractivity contribution in [3.05, 3.63) is 72.8 Å².